The van der Waals surface area contributed by atoms with E-state index in [4.69, 9.17) is 5.26 Å². The van der Waals surface area contributed by atoms with Crippen molar-refractivity contribution in [2.45, 2.75) is 19.4 Å². The number of nitrogens with zero attached hydrogens (tertiary/aromatic N) is 5. The third-order valence-corrected chi connectivity index (χ3v) is 3.01. The highest BCUT2D eigenvalue weighted by atomic mass is 16.2. The number of hydrogen-bond acceptors (Lipinski definition) is 4. The Bertz CT molecular complexity index is 709. The van der Waals surface area contributed by atoms with Crippen LogP contribution in [0.3, 0.4) is 0 Å². The molecule has 0 radical (unpaired) electrons. The molecule has 0 fully saturated rings. The summed E-state index contributed by atoms with van der Waals surface area (Å²) in [6.07, 6.45) is 2.13. The van der Waals surface area contributed by atoms with Gasteiger partial charge in [0, 0.05) is 26.2 Å². The Balaban J connectivity index is 2.03. The second-order valence-electron chi connectivity index (χ2n) is 4.41. The van der Waals surface area contributed by atoms with Gasteiger partial charge in [-0.05, 0) is 12.1 Å². The van der Waals surface area contributed by atoms with Crippen molar-refractivity contribution in [1.29, 1.82) is 5.26 Å². The standard InChI is InChI=1S/C13H15N5O2/c1-16(8-4-7-14)12(19)6-10-18-13(20)17-9-3-2-5-11(17)15-18/h2-3,5,9H,4,6,8,10H2,1H3. The molecule has 0 aromatic carbocycles. The van der Waals surface area contributed by atoms with Crippen LogP contribution in [-0.4, -0.2) is 38.6 Å². The van der Waals surface area contributed by atoms with Crippen LogP contribution in [0, 0.1) is 11.3 Å². The molecule has 0 saturated carbocycles. The first kappa shape index (κ1) is 13.8. The molecule has 7 heteroatoms. The van der Waals surface area contributed by atoms with E-state index in [1.165, 1.54) is 14.0 Å². The second kappa shape index (κ2) is 6.02. The Kier molecular flexibility index (Phi) is 4.15. The van der Waals surface area contributed by atoms with Gasteiger partial charge >= 0.3 is 5.69 Å². The SMILES string of the molecule is CN(CCC#N)C(=O)CCn1nc2ccccn2c1=O. The van der Waals surface area contributed by atoms with Gasteiger partial charge in [-0.2, -0.15) is 5.26 Å². The van der Waals surface area contributed by atoms with Gasteiger partial charge in [-0.3, -0.25) is 9.20 Å². The van der Waals surface area contributed by atoms with Gasteiger partial charge in [0.1, 0.15) is 0 Å². The highest BCUT2D eigenvalue weighted by Gasteiger charge is 2.11. The minimum Gasteiger partial charge on any atom is -0.345 e. The Hall–Kier alpha value is -2.62. The third-order valence-electron chi connectivity index (χ3n) is 3.01. The number of fused-ring (bicyclic) bond motifs is 1. The van der Waals surface area contributed by atoms with Gasteiger partial charge in [-0.1, -0.05) is 6.07 Å². The molecule has 1 amide bonds. The molecule has 2 heterocycles. The van der Waals surface area contributed by atoms with Crippen molar-refractivity contribution in [2.24, 2.45) is 0 Å². The molecule has 0 unspecified atom stereocenters. The number of rotatable bonds is 5. The minimum absolute atomic E-state index is 0.107. The zero-order chi connectivity index (χ0) is 14.5. The van der Waals surface area contributed by atoms with Crippen molar-refractivity contribution >= 4 is 11.6 Å². The summed E-state index contributed by atoms with van der Waals surface area (Å²) in [5.74, 6) is -0.107. The molecule has 0 saturated heterocycles. The molecule has 2 aromatic heterocycles. The van der Waals surface area contributed by atoms with Gasteiger partial charge in [0.25, 0.3) is 0 Å². The van der Waals surface area contributed by atoms with Crippen LogP contribution >= 0.6 is 0 Å². The van der Waals surface area contributed by atoms with Crippen molar-refractivity contribution in [2.75, 3.05) is 13.6 Å². The summed E-state index contributed by atoms with van der Waals surface area (Å²) in [6, 6.07) is 7.27. The van der Waals surface area contributed by atoms with Gasteiger partial charge in [0.05, 0.1) is 19.0 Å². The lowest BCUT2D eigenvalue weighted by Gasteiger charge is -2.14. The maximum absolute atomic E-state index is 12.0. The van der Waals surface area contributed by atoms with Crippen LogP contribution < -0.4 is 5.69 Å². The average Bonchev–Trinajstić information content (AvgIpc) is 2.79. The lowest BCUT2D eigenvalue weighted by Crippen LogP contribution is -2.30. The monoisotopic (exact) mass is 273 g/mol. The molecule has 20 heavy (non-hydrogen) atoms. The molecule has 0 bridgehead atoms. The van der Waals surface area contributed by atoms with Crippen LogP contribution in [0.25, 0.3) is 5.65 Å². The topological polar surface area (TPSA) is 83.4 Å². The van der Waals surface area contributed by atoms with E-state index in [1.54, 1.807) is 31.4 Å². The predicted octanol–water partition coefficient (Wildman–Crippen LogP) is 0.258. The van der Waals surface area contributed by atoms with Crippen molar-refractivity contribution in [3.05, 3.63) is 34.9 Å². The summed E-state index contributed by atoms with van der Waals surface area (Å²) in [5.41, 5.74) is 0.302. The number of amides is 1. The molecule has 0 aliphatic heterocycles. The van der Waals surface area contributed by atoms with Crippen LogP contribution in [0.5, 0.6) is 0 Å². The molecule has 2 rings (SSSR count). The Morgan fingerprint density at radius 1 is 1.50 bits per heavy atom. The highest BCUT2D eigenvalue weighted by molar-refractivity contribution is 5.75. The van der Waals surface area contributed by atoms with E-state index in [0.29, 0.717) is 18.6 Å². The minimum atomic E-state index is -0.256. The molecule has 104 valence electrons. The number of aryl methyl sites for hydroxylation is 1. The van der Waals surface area contributed by atoms with Gasteiger partial charge in [0.2, 0.25) is 5.91 Å². The molecule has 2 aromatic rings. The number of nitriles is 1. The third kappa shape index (κ3) is 2.85. The van der Waals surface area contributed by atoms with Crippen molar-refractivity contribution in [1.82, 2.24) is 19.1 Å². The number of aromatic nitrogens is 3. The van der Waals surface area contributed by atoms with Crippen LogP contribution in [0.15, 0.2) is 29.2 Å². The van der Waals surface area contributed by atoms with Gasteiger partial charge in [0.15, 0.2) is 5.65 Å². The first-order chi connectivity index (χ1) is 9.63. The largest absolute Gasteiger partial charge is 0.350 e. The van der Waals surface area contributed by atoms with Crippen molar-refractivity contribution in [3.8, 4) is 6.07 Å². The zero-order valence-corrected chi connectivity index (χ0v) is 11.2. The summed E-state index contributed by atoms with van der Waals surface area (Å²) in [5, 5.41) is 12.6. The number of pyridine rings is 1. The quantitative estimate of drug-likeness (QED) is 0.782. The fourth-order valence-corrected chi connectivity index (χ4v) is 1.85. The Morgan fingerprint density at radius 2 is 2.30 bits per heavy atom. The summed E-state index contributed by atoms with van der Waals surface area (Å²) < 4.78 is 2.72. The molecule has 7 nitrogen and oxygen atoms in total. The fourth-order valence-electron chi connectivity index (χ4n) is 1.85. The summed E-state index contributed by atoms with van der Waals surface area (Å²) >= 11 is 0. The number of carbonyl (C=O) groups is 1. The molecule has 0 N–H and O–H groups in total. The normalized spacial score (nSPS) is 10.4. The Morgan fingerprint density at radius 3 is 3.00 bits per heavy atom. The summed E-state index contributed by atoms with van der Waals surface area (Å²) in [4.78, 5) is 25.3. The van der Waals surface area contributed by atoms with Crippen LogP contribution in [-0.2, 0) is 11.3 Å². The molecule has 0 spiro atoms. The molecule has 0 aliphatic carbocycles. The first-order valence-electron chi connectivity index (χ1n) is 6.28. The van der Waals surface area contributed by atoms with E-state index in [9.17, 15) is 9.59 Å². The fraction of sp³-hybridized carbons (Fsp3) is 0.385. The lowest BCUT2D eigenvalue weighted by molar-refractivity contribution is -0.130. The Labute approximate surface area is 115 Å². The highest BCUT2D eigenvalue weighted by Crippen LogP contribution is 1.98. The van der Waals surface area contributed by atoms with Crippen LogP contribution in [0.4, 0.5) is 0 Å². The van der Waals surface area contributed by atoms with E-state index >= 15 is 0 Å². The number of hydrogen-bond donors (Lipinski definition) is 0. The zero-order valence-electron chi connectivity index (χ0n) is 11.2. The van der Waals surface area contributed by atoms with Gasteiger partial charge < -0.3 is 4.90 Å². The van der Waals surface area contributed by atoms with Gasteiger partial charge in [-0.25, -0.2) is 9.48 Å². The maximum Gasteiger partial charge on any atom is 0.350 e. The van der Waals surface area contributed by atoms with Crippen LogP contribution in [0.1, 0.15) is 12.8 Å². The lowest BCUT2D eigenvalue weighted by atomic mass is 10.3. The van der Waals surface area contributed by atoms with Crippen LogP contribution in [0.2, 0.25) is 0 Å². The van der Waals surface area contributed by atoms with E-state index < -0.39 is 0 Å². The predicted molar refractivity (Wildman–Crippen MR) is 71.9 cm³/mol. The molecule has 0 atom stereocenters. The summed E-state index contributed by atoms with van der Waals surface area (Å²) in [7, 11) is 1.64. The second-order valence-corrected chi connectivity index (χ2v) is 4.41. The van der Waals surface area contributed by atoms with E-state index in [1.807, 2.05) is 6.07 Å². The maximum atomic E-state index is 12.0. The smallest absolute Gasteiger partial charge is 0.345 e. The van der Waals surface area contributed by atoms with Crippen molar-refractivity contribution in [3.63, 3.8) is 0 Å². The molecule has 0 aliphatic rings. The summed E-state index contributed by atoms with van der Waals surface area (Å²) in [6.45, 7) is 0.631. The van der Waals surface area contributed by atoms with E-state index in [0.717, 1.165) is 0 Å². The first-order valence-corrected chi connectivity index (χ1v) is 6.28. The molecular formula is C13H15N5O2. The van der Waals surface area contributed by atoms with E-state index in [-0.39, 0.29) is 24.6 Å². The van der Waals surface area contributed by atoms with Gasteiger partial charge in [-0.15, -0.1) is 5.10 Å². The van der Waals surface area contributed by atoms with E-state index in [2.05, 4.69) is 5.10 Å². The molecular weight excluding hydrogens is 258 g/mol. The average molecular weight is 273 g/mol. The number of carbonyl (C=O) groups excluding carboxylic acids is 1. The van der Waals surface area contributed by atoms with Crippen molar-refractivity contribution < 1.29 is 4.79 Å².